The quantitative estimate of drug-likeness (QED) is 0.560. The van der Waals surface area contributed by atoms with Gasteiger partial charge in [-0.2, -0.15) is 0 Å². The van der Waals surface area contributed by atoms with Gasteiger partial charge in [0.1, 0.15) is 0 Å². The van der Waals surface area contributed by atoms with Crippen LogP contribution in [0.2, 0.25) is 0 Å². The van der Waals surface area contributed by atoms with Crippen LogP contribution in [0.15, 0.2) is 54.7 Å². The molecule has 1 heterocycles. The van der Waals surface area contributed by atoms with E-state index in [2.05, 4.69) is 24.0 Å². The number of rotatable bonds is 0. The molecule has 0 aliphatic rings. The van der Waals surface area contributed by atoms with E-state index in [4.69, 9.17) is 0 Å². The van der Waals surface area contributed by atoms with E-state index < -0.39 is 0 Å². The minimum atomic E-state index is 0. The van der Waals surface area contributed by atoms with Crippen LogP contribution in [-0.2, 0) is 0 Å². The molecule has 1 aromatic heterocycles. The van der Waals surface area contributed by atoms with E-state index in [0.717, 1.165) is 5.69 Å². The van der Waals surface area contributed by atoms with E-state index in [1.54, 1.807) is 6.20 Å². The number of aryl methyl sites for hydroxylation is 2. The highest BCUT2D eigenvalue weighted by Gasteiger charge is 1.73. The molecule has 1 aromatic carbocycles. The Morgan fingerprint density at radius 1 is 0.684 bits per heavy atom. The Morgan fingerprint density at radius 3 is 1.37 bits per heavy atom. The second-order valence-electron chi connectivity index (χ2n) is 3.13. The van der Waals surface area contributed by atoms with Crippen LogP contribution < -0.4 is 0 Å². The first-order chi connectivity index (χ1) is 8.79. The predicted molar refractivity (Wildman–Crippen MR) is 89.6 cm³/mol. The first-order valence-electron chi connectivity index (χ1n) is 6.68. The topological polar surface area (TPSA) is 12.9 Å². The maximum atomic E-state index is 3.98. The van der Waals surface area contributed by atoms with Crippen LogP contribution in [0.25, 0.3) is 0 Å². The molecule has 0 saturated carbocycles. The molecule has 2 rings (SSSR count). The van der Waals surface area contributed by atoms with Gasteiger partial charge in [-0.15, -0.1) is 0 Å². The van der Waals surface area contributed by atoms with Crippen LogP contribution >= 0.6 is 0 Å². The molecular formula is C18H31N. The monoisotopic (exact) mass is 261 g/mol. The number of hydrogen-bond acceptors (Lipinski definition) is 1. The molecule has 0 N–H and O–H groups in total. The molecular weight excluding hydrogens is 230 g/mol. The number of benzene rings is 1. The summed E-state index contributed by atoms with van der Waals surface area (Å²) in [5, 5.41) is 0. The van der Waals surface area contributed by atoms with Gasteiger partial charge >= 0.3 is 0 Å². The number of aromatic nitrogens is 1. The van der Waals surface area contributed by atoms with Crippen molar-refractivity contribution in [3.05, 3.63) is 66.0 Å². The Hall–Kier alpha value is -1.63. The van der Waals surface area contributed by atoms with Crippen molar-refractivity contribution in [1.82, 2.24) is 4.98 Å². The predicted octanol–water partition coefficient (Wildman–Crippen LogP) is 6.07. The third kappa shape index (κ3) is 16.4. The number of hydrogen-bond donors (Lipinski definition) is 0. The zero-order chi connectivity index (χ0) is 14.2. The van der Waals surface area contributed by atoms with Crippen LogP contribution in [-0.4, -0.2) is 4.98 Å². The highest BCUT2D eigenvalue weighted by atomic mass is 14.6. The van der Waals surface area contributed by atoms with Gasteiger partial charge in [-0.25, -0.2) is 0 Å². The zero-order valence-electron chi connectivity index (χ0n) is 12.6. The summed E-state index contributed by atoms with van der Waals surface area (Å²) in [4.78, 5) is 3.98. The Morgan fingerprint density at radius 2 is 1.16 bits per heavy atom. The molecule has 0 aliphatic heterocycles. The zero-order valence-corrected chi connectivity index (χ0v) is 12.6. The van der Waals surface area contributed by atoms with Gasteiger partial charge in [0, 0.05) is 11.9 Å². The third-order valence-electron chi connectivity index (χ3n) is 1.75. The number of nitrogens with zero attached hydrogens (tertiary/aromatic N) is 1. The van der Waals surface area contributed by atoms with Gasteiger partial charge < -0.3 is 0 Å². The van der Waals surface area contributed by atoms with Crippen molar-refractivity contribution < 1.29 is 0 Å². The van der Waals surface area contributed by atoms with Crippen LogP contribution in [0.3, 0.4) is 0 Å². The second kappa shape index (κ2) is 18.7. The van der Waals surface area contributed by atoms with E-state index in [1.165, 1.54) is 5.56 Å². The molecule has 1 heteroatoms. The standard InChI is InChI=1S/C7H8.C6H7N.2C2H6.CH4/c1-7-5-3-2-4-6-7;1-6-4-2-3-5-7-6;2*1-2;/h2-6H,1H3;2-5H,1H3;2*1-2H3;1H4. The van der Waals surface area contributed by atoms with Crippen LogP contribution in [0.5, 0.6) is 0 Å². The van der Waals surface area contributed by atoms with Gasteiger partial charge in [-0.1, -0.05) is 77.1 Å². The fraction of sp³-hybridized carbons (Fsp3) is 0.389. The van der Waals surface area contributed by atoms with Gasteiger partial charge in [0.2, 0.25) is 0 Å². The normalized spacial score (nSPS) is 7.05. The van der Waals surface area contributed by atoms with Gasteiger partial charge in [-0.3, -0.25) is 4.98 Å². The number of pyridine rings is 1. The molecule has 0 saturated heterocycles. The van der Waals surface area contributed by atoms with E-state index in [-0.39, 0.29) is 7.43 Å². The summed E-state index contributed by atoms with van der Waals surface area (Å²) in [5.41, 5.74) is 2.39. The smallest absolute Gasteiger partial charge is 0.0372 e. The molecule has 108 valence electrons. The lowest BCUT2D eigenvalue weighted by atomic mass is 10.2. The highest BCUT2D eigenvalue weighted by Crippen LogP contribution is 1.92. The van der Waals surface area contributed by atoms with E-state index in [9.17, 15) is 0 Å². The molecule has 2 aromatic rings. The van der Waals surface area contributed by atoms with Crippen LogP contribution in [0.1, 0.15) is 46.4 Å². The summed E-state index contributed by atoms with van der Waals surface area (Å²) in [6, 6.07) is 16.1. The minimum Gasteiger partial charge on any atom is -0.262 e. The Bertz CT molecular complexity index is 303. The van der Waals surface area contributed by atoms with Gasteiger partial charge in [0.15, 0.2) is 0 Å². The Kier molecular flexibility index (Phi) is 22.2. The molecule has 0 amide bonds. The lowest BCUT2D eigenvalue weighted by molar-refractivity contribution is 1.20. The lowest BCUT2D eigenvalue weighted by Crippen LogP contribution is -1.72. The maximum Gasteiger partial charge on any atom is 0.0372 e. The Balaban J connectivity index is -0.000000205. The summed E-state index contributed by atoms with van der Waals surface area (Å²) in [7, 11) is 0. The van der Waals surface area contributed by atoms with E-state index in [1.807, 2.05) is 71.0 Å². The largest absolute Gasteiger partial charge is 0.262 e. The first-order valence-corrected chi connectivity index (χ1v) is 6.68. The van der Waals surface area contributed by atoms with E-state index >= 15 is 0 Å². The molecule has 0 aliphatic carbocycles. The molecule has 0 atom stereocenters. The molecule has 19 heavy (non-hydrogen) atoms. The van der Waals surface area contributed by atoms with Crippen molar-refractivity contribution in [2.45, 2.75) is 49.0 Å². The molecule has 1 nitrogen and oxygen atoms in total. The van der Waals surface area contributed by atoms with Crippen LogP contribution in [0.4, 0.5) is 0 Å². The minimum absolute atomic E-state index is 0. The highest BCUT2D eigenvalue weighted by molar-refractivity contribution is 5.11. The Labute approximate surface area is 120 Å². The SMILES string of the molecule is C.CC.CC.Cc1ccccc1.Cc1ccccn1. The molecule has 0 fully saturated rings. The molecule has 0 unspecified atom stereocenters. The fourth-order valence-corrected chi connectivity index (χ4v) is 0.983. The van der Waals surface area contributed by atoms with Gasteiger partial charge in [0.05, 0.1) is 0 Å². The average Bonchev–Trinajstić information content (AvgIpc) is 2.46. The summed E-state index contributed by atoms with van der Waals surface area (Å²) in [6.45, 7) is 12.1. The van der Waals surface area contributed by atoms with Gasteiger partial charge in [0.25, 0.3) is 0 Å². The van der Waals surface area contributed by atoms with Crippen molar-refractivity contribution in [2.24, 2.45) is 0 Å². The fourth-order valence-electron chi connectivity index (χ4n) is 0.983. The van der Waals surface area contributed by atoms with Gasteiger partial charge in [-0.05, 0) is 26.0 Å². The van der Waals surface area contributed by atoms with Crippen LogP contribution in [0, 0.1) is 13.8 Å². The van der Waals surface area contributed by atoms with Crippen molar-refractivity contribution >= 4 is 0 Å². The maximum absolute atomic E-state index is 3.98. The molecule has 0 bridgehead atoms. The summed E-state index contributed by atoms with van der Waals surface area (Å²) < 4.78 is 0. The third-order valence-corrected chi connectivity index (χ3v) is 1.75. The summed E-state index contributed by atoms with van der Waals surface area (Å²) in [5.74, 6) is 0. The van der Waals surface area contributed by atoms with Crippen molar-refractivity contribution in [3.8, 4) is 0 Å². The van der Waals surface area contributed by atoms with Crippen molar-refractivity contribution in [1.29, 1.82) is 0 Å². The second-order valence-corrected chi connectivity index (χ2v) is 3.13. The first kappa shape index (κ1) is 22.5. The van der Waals surface area contributed by atoms with Crippen molar-refractivity contribution in [3.63, 3.8) is 0 Å². The lowest BCUT2D eigenvalue weighted by Gasteiger charge is -1.82. The van der Waals surface area contributed by atoms with E-state index in [0.29, 0.717) is 0 Å². The molecule has 0 radical (unpaired) electrons. The van der Waals surface area contributed by atoms with Crippen molar-refractivity contribution in [2.75, 3.05) is 0 Å². The average molecular weight is 261 g/mol. The molecule has 0 spiro atoms. The summed E-state index contributed by atoms with van der Waals surface area (Å²) >= 11 is 0. The summed E-state index contributed by atoms with van der Waals surface area (Å²) in [6.07, 6.45) is 1.79.